The molecule has 0 aromatic heterocycles. The highest BCUT2D eigenvalue weighted by Crippen LogP contribution is 2.16. The van der Waals surface area contributed by atoms with Crippen LogP contribution in [0.25, 0.3) is 0 Å². The minimum Gasteiger partial charge on any atom is -0.478 e. The normalized spacial score (nSPS) is 11.5. The van der Waals surface area contributed by atoms with E-state index in [2.05, 4.69) is 0 Å². The zero-order chi connectivity index (χ0) is 13.8. The molecule has 0 atom stereocenters. The Balaban J connectivity index is 2.65. The van der Waals surface area contributed by atoms with Gasteiger partial charge in [-0.15, -0.1) is 0 Å². The lowest BCUT2D eigenvalue weighted by Gasteiger charge is -2.10. The van der Waals surface area contributed by atoms with Crippen LogP contribution in [-0.2, 0) is 4.79 Å². The Bertz CT molecular complexity index is 464. The fourth-order valence-electron chi connectivity index (χ4n) is 1.13. The number of carboxylic acid groups (broad SMARTS) is 1. The molecule has 18 heavy (non-hydrogen) atoms. The predicted molar refractivity (Wildman–Crippen MR) is 67.6 cm³/mol. The highest BCUT2D eigenvalue weighted by atomic mass is 16.5. The molecular formula is C14H16O4. The van der Waals surface area contributed by atoms with E-state index < -0.39 is 11.9 Å². The van der Waals surface area contributed by atoms with Crippen molar-refractivity contribution >= 4 is 11.9 Å². The predicted octanol–water partition coefficient (Wildman–Crippen LogP) is 2.89. The monoisotopic (exact) mass is 248 g/mol. The summed E-state index contributed by atoms with van der Waals surface area (Å²) >= 11 is 0. The third-order valence-corrected chi connectivity index (χ3v) is 2.04. The maximum atomic E-state index is 11.5. The number of benzene rings is 1. The number of esters is 1. The molecule has 4 nitrogen and oxygen atoms in total. The topological polar surface area (TPSA) is 63.6 Å². The van der Waals surface area contributed by atoms with Gasteiger partial charge in [0.15, 0.2) is 0 Å². The zero-order valence-corrected chi connectivity index (χ0v) is 10.6. The van der Waals surface area contributed by atoms with Crippen LogP contribution in [0.15, 0.2) is 36.4 Å². The molecule has 0 aliphatic rings. The molecule has 1 N–H and O–H groups in total. The Morgan fingerprint density at radius 3 is 2.17 bits per heavy atom. The van der Waals surface area contributed by atoms with Gasteiger partial charge in [-0.3, -0.25) is 0 Å². The van der Waals surface area contributed by atoms with Crippen LogP contribution in [0.5, 0.6) is 5.75 Å². The number of hydrogen-bond acceptors (Lipinski definition) is 3. The molecule has 0 bridgehead atoms. The van der Waals surface area contributed by atoms with Crippen molar-refractivity contribution in [3.63, 3.8) is 0 Å². The van der Waals surface area contributed by atoms with Crippen molar-refractivity contribution in [3.8, 4) is 5.75 Å². The third-order valence-electron chi connectivity index (χ3n) is 2.04. The van der Waals surface area contributed by atoms with E-state index in [9.17, 15) is 9.59 Å². The summed E-state index contributed by atoms with van der Waals surface area (Å²) in [7, 11) is 0. The van der Waals surface area contributed by atoms with Crippen LogP contribution < -0.4 is 4.74 Å². The number of carbonyl (C=O) groups is 2. The summed E-state index contributed by atoms with van der Waals surface area (Å²) in [4.78, 5) is 22.1. The van der Waals surface area contributed by atoms with Crippen LogP contribution in [-0.4, -0.2) is 17.0 Å². The summed E-state index contributed by atoms with van der Waals surface area (Å²) in [6.45, 7) is 5.91. The van der Waals surface area contributed by atoms with Crippen molar-refractivity contribution in [2.24, 2.45) is 5.41 Å². The van der Waals surface area contributed by atoms with Crippen molar-refractivity contribution in [2.75, 3.05) is 0 Å². The quantitative estimate of drug-likeness (QED) is 0.507. The molecule has 0 radical (unpaired) electrons. The van der Waals surface area contributed by atoms with Gasteiger partial charge in [0.05, 0.1) is 5.56 Å². The van der Waals surface area contributed by atoms with E-state index in [0.717, 1.165) is 0 Å². The molecule has 0 fully saturated rings. The summed E-state index contributed by atoms with van der Waals surface area (Å²) in [5.74, 6) is -1.17. The molecule has 0 amide bonds. The molecule has 0 aliphatic heterocycles. The molecule has 1 aromatic carbocycles. The molecule has 4 heteroatoms. The second kappa shape index (κ2) is 5.49. The molecule has 0 heterocycles. The first-order valence-corrected chi connectivity index (χ1v) is 5.52. The fourth-order valence-corrected chi connectivity index (χ4v) is 1.13. The number of allylic oxidation sites excluding steroid dienone is 1. The molecule has 1 rings (SSSR count). The van der Waals surface area contributed by atoms with Crippen molar-refractivity contribution in [2.45, 2.75) is 20.8 Å². The molecule has 1 aromatic rings. The summed E-state index contributed by atoms with van der Waals surface area (Å²) in [6, 6.07) is 5.68. The van der Waals surface area contributed by atoms with Gasteiger partial charge in [-0.05, 0) is 29.7 Å². The van der Waals surface area contributed by atoms with Crippen molar-refractivity contribution in [1.29, 1.82) is 0 Å². The average Bonchev–Trinajstić information content (AvgIpc) is 2.26. The molecule has 0 aliphatic carbocycles. The maximum Gasteiger partial charge on any atom is 0.335 e. The smallest absolute Gasteiger partial charge is 0.335 e. The van der Waals surface area contributed by atoms with E-state index in [1.807, 2.05) is 20.8 Å². The Hall–Kier alpha value is -2.10. The Morgan fingerprint density at radius 1 is 1.17 bits per heavy atom. The number of hydrogen-bond donors (Lipinski definition) is 1. The lowest BCUT2D eigenvalue weighted by Crippen LogP contribution is -2.07. The van der Waals surface area contributed by atoms with Gasteiger partial charge in [0.2, 0.25) is 0 Å². The van der Waals surface area contributed by atoms with Crippen LogP contribution in [0.2, 0.25) is 0 Å². The van der Waals surface area contributed by atoms with Gasteiger partial charge in [-0.2, -0.15) is 0 Å². The highest BCUT2D eigenvalue weighted by molar-refractivity contribution is 5.88. The van der Waals surface area contributed by atoms with Gasteiger partial charge in [0.1, 0.15) is 5.75 Å². The van der Waals surface area contributed by atoms with Gasteiger partial charge in [0.25, 0.3) is 0 Å². The van der Waals surface area contributed by atoms with Crippen LogP contribution >= 0.6 is 0 Å². The Labute approximate surface area is 106 Å². The van der Waals surface area contributed by atoms with Gasteiger partial charge >= 0.3 is 11.9 Å². The van der Waals surface area contributed by atoms with Gasteiger partial charge < -0.3 is 9.84 Å². The van der Waals surface area contributed by atoms with Gasteiger partial charge in [0, 0.05) is 6.08 Å². The third kappa shape index (κ3) is 4.82. The number of rotatable bonds is 3. The Kier molecular flexibility index (Phi) is 4.26. The minimum absolute atomic E-state index is 0.0911. The largest absolute Gasteiger partial charge is 0.478 e. The van der Waals surface area contributed by atoms with E-state index in [-0.39, 0.29) is 11.0 Å². The molecule has 0 saturated carbocycles. The van der Waals surface area contributed by atoms with Crippen molar-refractivity contribution < 1.29 is 19.4 Å². The number of carbonyl (C=O) groups excluding carboxylic acids is 1. The number of aromatic carboxylic acids is 1. The SMILES string of the molecule is CC(C)(C)/C=C/C(=O)Oc1ccc(C(=O)O)cc1. The van der Waals surface area contributed by atoms with Gasteiger partial charge in [-0.1, -0.05) is 26.8 Å². The molecular weight excluding hydrogens is 232 g/mol. The lowest BCUT2D eigenvalue weighted by atomic mass is 9.96. The number of ether oxygens (including phenoxy) is 1. The average molecular weight is 248 g/mol. The minimum atomic E-state index is -1.01. The zero-order valence-electron chi connectivity index (χ0n) is 10.6. The van der Waals surface area contributed by atoms with E-state index >= 15 is 0 Å². The molecule has 0 saturated heterocycles. The first kappa shape index (κ1) is 14.0. The lowest BCUT2D eigenvalue weighted by molar-refractivity contribution is -0.129. The summed E-state index contributed by atoms with van der Waals surface area (Å²) in [5, 5.41) is 8.71. The molecule has 0 spiro atoms. The maximum absolute atomic E-state index is 11.5. The molecule has 96 valence electrons. The van der Waals surface area contributed by atoms with E-state index in [1.165, 1.54) is 30.3 Å². The summed E-state index contributed by atoms with van der Waals surface area (Å²) in [5.41, 5.74) is 0.0617. The van der Waals surface area contributed by atoms with E-state index in [4.69, 9.17) is 9.84 Å². The van der Waals surface area contributed by atoms with Crippen molar-refractivity contribution in [3.05, 3.63) is 42.0 Å². The first-order valence-electron chi connectivity index (χ1n) is 5.52. The van der Waals surface area contributed by atoms with Gasteiger partial charge in [-0.25, -0.2) is 9.59 Å². The first-order chi connectivity index (χ1) is 8.28. The van der Waals surface area contributed by atoms with Crippen LogP contribution in [0.3, 0.4) is 0 Å². The number of carboxylic acids is 1. The summed E-state index contributed by atoms with van der Waals surface area (Å²) in [6.07, 6.45) is 3.12. The fraction of sp³-hybridized carbons (Fsp3) is 0.286. The summed E-state index contributed by atoms with van der Waals surface area (Å²) < 4.78 is 5.03. The molecule has 0 unspecified atom stereocenters. The van der Waals surface area contributed by atoms with Crippen LogP contribution in [0.4, 0.5) is 0 Å². The van der Waals surface area contributed by atoms with Crippen LogP contribution in [0, 0.1) is 5.41 Å². The van der Waals surface area contributed by atoms with Crippen LogP contribution in [0.1, 0.15) is 31.1 Å². The second-order valence-corrected chi connectivity index (χ2v) is 4.95. The highest BCUT2D eigenvalue weighted by Gasteiger charge is 2.07. The van der Waals surface area contributed by atoms with Crippen molar-refractivity contribution in [1.82, 2.24) is 0 Å². The van der Waals surface area contributed by atoms with E-state index in [1.54, 1.807) is 6.08 Å². The van der Waals surface area contributed by atoms with E-state index in [0.29, 0.717) is 5.75 Å². The standard InChI is InChI=1S/C14H16O4/c1-14(2,3)9-8-12(15)18-11-6-4-10(5-7-11)13(16)17/h4-9H,1-3H3,(H,16,17)/b9-8+. The Morgan fingerprint density at radius 2 is 1.72 bits per heavy atom. The second-order valence-electron chi connectivity index (χ2n) is 4.95.